The molecule has 0 unspecified atom stereocenters. The second kappa shape index (κ2) is 11.5. The minimum Gasteiger partial charge on any atom is -0.489 e. The molecule has 2 heterocycles. The van der Waals surface area contributed by atoms with Gasteiger partial charge in [-0.2, -0.15) is 0 Å². The van der Waals surface area contributed by atoms with Gasteiger partial charge in [-0.05, 0) is 60.9 Å². The fraction of sp³-hybridized carbons (Fsp3) is 0.167. The van der Waals surface area contributed by atoms with E-state index < -0.39 is 16.9 Å². The Balaban J connectivity index is 1.48. The van der Waals surface area contributed by atoms with Crippen molar-refractivity contribution >= 4 is 29.1 Å². The van der Waals surface area contributed by atoms with E-state index in [4.69, 9.17) is 9.47 Å². The molecule has 40 heavy (non-hydrogen) atoms. The van der Waals surface area contributed by atoms with Crippen molar-refractivity contribution in [1.29, 1.82) is 0 Å². The molecule has 9 nitrogen and oxygen atoms in total. The largest absolute Gasteiger partial charge is 0.489 e. The Hall–Kier alpha value is -4.83. The molecule has 0 radical (unpaired) electrons. The number of non-ortho nitro benzene ring substituents is 1. The molecule has 0 spiro atoms. The highest BCUT2D eigenvalue weighted by Crippen LogP contribution is 2.30. The first-order valence-corrected chi connectivity index (χ1v) is 13.4. The van der Waals surface area contributed by atoms with Gasteiger partial charge in [0.15, 0.2) is 4.80 Å². The van der Waals surface area contributed by atoms with Crippen LogP contribution in [0.4, 0.5) is 5.69 Å². The molecule has 202 valence electrons. The van der Waals surface area contributed by atoms with E-state index in [0.717, 1.165) is 16.7 Å². The summed E-state index contributed by atoms with van der Waals surface area (Å²) in [7, 11) is 0. The van der Waals surface area contributed by atoms with Crippen molar-refractivity contribution in [2.45, 2.75) is 26.5 Å². The summed E-state index contributed by atoms with van der Waals surface area (Å²) in [6.45, 7) is 3.94. The smallest absolute Gasteiger partial charge is 0.338 e. The Bertz CT molecular complexity index is 1790. The Morgan fingerprint density at radius 3 is 2.55 bits per heavy atom. The third-order valence-electron chi connectivity index (χ3n) is 6.34. The first-order valence-electron chi connectivity index (χ1n) is 12.6. The number of nitro groups is 1. The summed E-state index contributed by atoms with van der Waals surface area (Å²) in [5, 5.41) is 10.9. The number of ether oxygens (including phenoxy) is 2. The first-order chi connectivity index (χ1) is 19.4. The molecule has 3 aromatic carbocycles. The number of esters is 1. The van der Waals surface area contributed by atoms with Gasteiger partial charge in [0.05, 0.1) is 33.4 Å². The van der Waals surface area contributed by atoms with E-state index in [0.29, 0.717) is 26.4 Å². The second-order valence-corrected chi connectivity index (χ2v) is 10.0. The monoisotopic (exact) mass is 555 g/mol. The summed E-state index contributed by atoms with van der Waals surface area (Å²) in [6, 6.07) is 22.2. The maximum atomic E-state index is 13.7. The van der Waals surface area contributed by atoms with Gasteiger partial charge in [-0.25, -0.2) is 9.79 Å². The van der Waals surface area contributed by atoms with Crippen LogP contribution in [0, 0.1) is 10.1 Å². The molecule has 1 aliphatic rings. The van der Waals surface area contributed by atoms with Crippen molar-refractivity contribution in [3.8, 4) is 5.75 Å². The van der Waals surface area contributed by atoms with Gasteiger partial charge in [-0.1, -0.05) is 53.8 Å². The zero-order chi connectivity index (χ0) is 28.2. The number of hydrogen-bond acceptors (Lipinski definition) is 8. The van der Waals surface area contributed by atoms with Gasteiger partial charge in [0.25, 0.3) is 11.2 Å². The summed E-state index contributed by atoms with van der Waals surface area (Å²) in [6.07, 6.45) is 1.77. The van der Waals surface area contributed by atoms with Crippen LogP contribution in [-0.2, 0) is 16.1 Å². The SMILES string of the molecule is CCOC(=O)C1=C(C)N=c2s/c(=C/c3cccc(OCc4ccc([N+](=O)[O-])cc4)c3)c(=O)n2[C@H]1c1ccccc1. The maximum absolute atomic E-state index is 13.7. The van der Waals surface area contributed by atoms with Crippen molar-refractivity contribution in [3.05, 3.63) is 137 Å². The number of rotatable bonds is 8. The van der Waals surface area contributed by atoms with E-state index in [1.54, 1.807) is 42.7 Å². The second-order valence-electron chi connectivity index (χ2n) is 9.00. The molecule has 0 aliphatic carbocycles. The average molecular weight is 556 g/mol. The minimum atomic E-state index is -0.657. The number of nitrogens with zero attached hydrogens (tertiary/aromatic N) is 3. The van der Waals surface area contributed by atoms with Gasteiger partial charge < -0.3 is 9.47 Å². The third kappa shape index (κ3) is 5.48. The fourth-order valence-electron chi connectivity index (χ4n) is 4.47. The minimum absolute atomic E-state index is 0.0197. The number of carbonyl (C=O) groups is 1. The van der Waals surface area contributed by atoms with E-state index in [9.17, 15) is 19.7 Å². The molecule has 10 heteroatoms. The standard InChI is InChI=1S/C30H25N3O6S/c1-3-38-29(35)26-19(2)31-30-32(27(26)22-9-5-4-6-10-22)28(34)25(40-30)17-21-8-7-11-24(16-21)39-18-20-12-14-23(15-13-20)33(36)37/h4-17,27H,3,18H2,1-2H3/b25-17+/t27-/m0/s1. The highest BCUT2D eigenvalue weighted by Gasteiger charge is 2.33. The molecule has 0 bridgehead atoms. The van der Waals surface area contributed by atoms with Gasteiger partial charge >= 0.3 is 5.97 Å². The van der Waals surface area contributed by atoms with Gasteiger partial charge in [0.1, 0.15) is 12.4 Å². The number of nitro benzene ring substituents is 1. The summed E-state index contributed by atoms with van der Waals surface area (Å²) < 4.78 is 13.2. The van der Waals surface area contributed by atoms with Crippen LogP contribution >= 0.6 is 11.3 Å². The van der Waals surface area contributed by atoms with Crippen LogP contribution in [0.2, 0.25) is 0 Å². The number of benzene rings is 3. The van der Waals surface area contributed by atoms with E-state index in [1.807, 2.05) is 48.5 Å². The van der Waals surface area contributed by atoms with Gasteiger partial charge in [0, 0.05) is 12.1 Å². The van der Waals surface area contributed by atoms with E-state index in [2.05, 4.69) is 4.99 Å². The third-order valence-corrected chi connectivity index (χ3v) is 7.32. The van der Waals surface area contributed by atoms with Crippen molar-refractivity contribution in [1.82, 2.24) is 4.57 Å². The molecule has 0 fully saturated rings. The lowest BCUT2D eigenvalue weighted by Gasteiger charge is -2.24. The number of allylic oxidation sites excluding steroid dienone is 1. The van der Waals surface area contributed by atoms with Gasteiger partial charge in [-0.3, -0.25) is 19.5 Å². The molecule has 1 aliphatic heterocycles. The summed E-state index contributed by atoms with van der Waals surface area (Å²) in [4.78, 5) is 42.2. The molecule has 1 atom stereocenters. The number of aromatic nitrogens is 1. The number of carbonyl (C=O) groups excluding carboxylic acids is 1. The van der Waals surface area contributed by atoms with Crippen molar-refractivity contribution in [2.24, 2.45) is 4.99 Å². The normalized spacial score (nSPS) is 14.8. The topological polar surface area (TPSA) is 113 Å². The predicted octanol–water partition coefficient (Wildman–Crippen LogP) is 4.29. The fourth-order valence-corrected chi connectivity index (χ4v) is 5.51. The van der Waals surface area contributed by atoms with Crippen LogP contribution in [0.3, 0.4) is 0 Å². The van der Waals surface area contributed by atoms with Crippen LogP contribution in [0.5, 0.6) is 5.75 Å². The van der Waals surface area contributed by atoms with Crippen LogP contribution < -0.4 is 19.6 Å². The summed E-state index contributed by atoms with van der Waals surface area (Å²) in [5.74, 6) is 0.0900. The molecular formula is C30H25N3O6S. The quantitative estimate of drug-likeness (QED) is 0.182. The Kier molecular flexibility index (Phi) is 7.70. The van der Waals surface area contributed by atoms with E-state index >= 15 is 0 Å². The van der Waals surface area contributed by atoms with Crippen LogP contribution in [0.15, 0.2) is 99.9 Å². The molecule has 0 amide bonds. The Labute approximate surface area is 233 Å². The Morgan fingerprint density at radius 2 is 1.85 bits per heavy atom. The summed E-state index contributed by atoms with van der Waals surface area (Å²) >= 11 is 1.25. The summed E-state index contributed by atoms with van der Waals surface area (Å²) in [5.41, 5.74) is 2.95. The number of fused-ring (bicyclic) bond motifs is 1. The molecule has 0 saturated heterocycles. The average Bonchev–Trinajstić information content (AvgIpc) is 3.26. The molecule has 0 N–H and O–H groups in total. The first kappa shape index (κ1) is 26.8. The molecule has 4 aromatic rings. The zero-order valence-electron chi connectivity index (χ0n) is 21.8. The number of hydrogen-bond donors (Lipinski definition) is 0. The number of thiazole rings is 1. The molecule has 1 aromatic heterocycles. The van der Waals surface area contributed by atoms with Gasteiger partial charge in [0.2, 0.25) is 0 Å². The predicted molar refractivity (Wildman–Crippen MR) is 151 cm³/mol. The molecular weight excluding hydrogens is 530 g/mol. The molecule has 0 saturated carbocycles. The van der Waals surface area contributed by atoms with Crippen molar-refractivity contribution in [2.75, 3.05) is 6.61 Å². The van der Waals surface area contributed by atoms with Crippen molar-refractivity contribution < 1.29 is 19.2 Å². The maximum Gasteiger partial charge on any atom is 0.338 e. The van der Waals surface area contributed by atoms with Crippen molar-refractivity contribution in [3.63, 3.8) is 0 Å². The van der Waals surface area contributed by atoms with E-state index in [-0.39, 0.29) is 24.5 Å². The van der Waals surface area contributed by atoms with E-state index in [1.165, 1.54) is 23.5 Å². The van der Waals surface area contributed by atoms with Crippen LogP contribution in [0.1, 0.15) is 36.6 Å². The zero-order valence-corrected chi connectivity index (χ0v) is 22.6. The lowest BCUT2D eigenvalue weighted by Crippen LogP contribution is -2.39. The molecule has 5 rings (SSSR count). The van der Waals surface area contributed by atoms with Crippen LogP contribution in [-0.4, -0.2) is 22.1 Å². The highest BCUT2D eigenvalue weighted by atomic mass is 32.1. The highest BCUT2D eigenvalue weighted by molar-refractivity contribution is 7.07. The lowest BCUT2D eigenvalue weighted by atomic mass is 9.96. The van der Waals surface area contributed by atoms with Crippen LogP contribution in [0.25, 0.3) is 6.08 Å². The lowest BCUT2D eigenvalue weighted by molar-refractivity contribution is -0.384. The Morgan fingerprint density at radius 1 is 1.10 bits per heavy atom. The van der Waals surface area contributed by atoms with Gasteiger partial charge in [-0.15, -0.1) is 0 Å².